The molecule has 0 N–H and O–H groups in total. The highest BCUT2D eigenvalue weighted by Gasteiger charge is 2.28. The second-order valence-electron chi connectivity index (χ2n) is 4.20. The predicted octanol–water partition coefficient (Wildman–Crippen LogP) is 1.65. The Morgan fingerprint density at radius 1 is 1.43 bits per heavy atom. The fourth-order valence-electron chi connectivity index (χ4n) is 1.16. The number of rotatable bonds is 1. The lowest BCUT2D eigenvalue weighted by Crippen LogP contribution is -2.15. The van der Waals surface area contributed by atoms with Crippen molar-refractivity contribution in [3.05, 3.63) is 11.9 Å². The van der Waals surface area contributed by atoms with Gasteiger partial charge in [-0.1, -0.05) is 20.8 Å². The maximum atomic E-state index is 11.2. The Balaban J connectivity index is 3.46. The van der Waals surface area contributed by atoms with Gasteiger partial charge in [-0.3, -0.25) is 4.68 Å². The summed E-state index contributed by atoms with van der Waals surface area (Å²) >= 11 is 0. The van der Waals surface area contributed by atoms with Gasteiger partial charge in [0, 0.05) is 29.3 Å². The van der Waals surface area contributed by atoms with Gasteiger partial charge in [0.1, 0.15) is 4.90 Å². The zero-order chi connectivity index (χ0) is 11.1. The molecule has 0 aromatic carbocycles. The van der Waals surface area contributed by atoms with Crippen molar-refractivity contribution < 1.29 is 8.42 Å². The molecule has 0 unspecified atom stereocenters. The molecule has 1 aromatic rings. The molecule has 6 heteroatoms. The first-order valence-corrected chi connectivity index (χ1v) is 6.42. The van der Waals surface area contributed by atoms with Crippen LogP contribution in [0.1, 0.15) is 26.5 Å². The number of nitrogens with zero attached hydrogens (tertiary/aromatic N) is 2. The van der Waals surface area contributed by atoms with Crippen molar-refractivity contribution in [2.45, 2.75) is 31.1 Å². The predicted molar refractivity (Wildman–Crippen MR) is 54.9 cm³/mol. The van der Waals surface area contributed by atoms with Gasteiger partial charge in [-0.25, -0.2) is 8.42 Å². The van der Waals surface area contributed by atoms with Crippen LogP contribution in [0.15, 0.2) is 11.1 Å². The van der Waals surface area contributed by atoms with Crippen LogP contribution in [-0.2, 0) is 21.5 Å². The highest BCUT2D eigenvalue weighted by Crippen LogP contribution is 2.29. The maximum absolute atomic E-state index is 11.2. The average molecular weight is 237 g/mol. The van der Waals surface area contributed by atoms with Crippen LogP contribution in [0.5, 0.6) is 0 Å². The molecule has 1 aromatic heterocycles. The molecule has 0 aliphatic carbocycles. The molecular formula is C8H13ClN2O2S. The van der Waals surface area contributed by atoms with Crippen LogP contribution in [0.25, 0.3) is 0 Å². The van der Waals surface area contributed by atoms with Crippen molar-refractivity contribution in [1.29, 1.82) is 0 Å². The third-order valence-electron chi connectivity index (χ3n) is 1.77. The summed E-state index contributed by atoms with van der Waals surface area (Å²) in [6.45, 7) is 5.67. The summed E-state index contributed by atoms with van der Waals surface area (Å²) in [5.74, 6) is 0. The van der Waals surface area contributed by atoms with Crippen molar-refractivity contribution in [3.63, 3.8) is 0 Å². The van der Waals surface area contributed by atoms with E-state index < -0.39 is 9.05 Å². The van der Waals surface area contributed by atoms with Gasteiger partial charge in [-0.2, -0.15) is 5.10 Å². The van der Waals surface area contributed by atoms with Crippen molar-refractivity contribution in [3.8, 4) is 0 Å². The molecule has 0 spiro atoms. The first-order chi connectivity index (χ1) is 6.12. The SMILES string of the molecule is Cn1cc(S(=O)(=O)Cl)c(C(C)(C)C)n1. The summed E-state index contributed by atoms with van der Waals surface area (Å²) < 4.78 is 23.9. The van der Waals surface area contributed by atoms with Gasteiger partial charge in [0.15, 0.2) is 0 Å². The van der Waals surface area contributed by atoms with Crippen molar-refractivity contribution in [1.82, 2.24) is 9.78 Å². The van der Waals surface area contributed by atoms with Gasteiger partial charge >= 0.3 is 0 Å². The van der Waals surface area contributed by atoms with Crippen LogP contribution in [-0.4, -0.2) is 18.2 Å². The molecule has 0 saturated carbocycles. The lowest BCUT2D eigenvalue weighted by atomic mass is 9.92. The van der Waals surface area contributed by atoms with Crippen LogP contribution < -0.4 is 0 Å². The Bertz CT molecular complexity index is 442. The minimum absolute atomic E-state index is 0.0918. The van der Waals surface area contributed by atoms with E-state index >= 15 is 0 Å². The quantitative estimate of drug-likeness (QED) is 0.697. The molecule has 1 heterocycles. The van der Waals surface area contributed by atoms with E-state index in [-0.39, 0.29) is 10.3 Å². The first kappa shape index (κ1) is 11.5. The van der Waals surface area contributed by atoms with Gasteiger partial charge in [-0.05, 0) is 0 Å². The molecule has 0 amide bonds. The molecule has 1 rings (SSSR count). The number of hydrogen-bond acceptors (Lipinski definition) is 3. The largest absolute Gasteiger partial charge is 0.274 e. The van der Waals surface area contributed by atoms with E-state index in [4.69, 9.17) is 10.7 Å². The Kier molecular flexibility index (Phi) is 2.67. The number of aromatic nitrogens is 2. The van der Waals surface area contributed by atoms with Gasteiger partial charge in [0.2, 0.25) is 0 Å². The lowest BCUT2D eigenvalue weighted by molar-refractivity contribution is 0.540. The molecule has 0 radical (unpaired) electrons. The molecule has 14 heavy (non-hydrogen) atoms. The van der Waals surface area contributed by atoms with E-state index in [1.807, 2.05) is 20.8 Å². The molecule has 0 fully saturated rings. The van der Waals surface area contributed by atoms with E-state index in [0.29, 0.717) is 5.69 Å². The summed E-state index contributed by atoms with van der Waals surface area (Å²) in [7, 11) is 3.26. The van der Waals surface area contributed by atoms with E-state index in [1.54, 1.807) is 7.05 Å². The van der Waals surface area contributed by atoms with Gasteiger partial charge in [0.25, 0.3) is 9.05 Å². The Morgan fingerprint density at radius 2 is 1.93 bits per heavy atom. The fourth-order valence-corrected chi connectivity index (χ4v) is 2.36. The van der Waals surface area contributed by atoms with Crippen LogP contribution in [0.3, 0.4) is 0 Å². The fraction of sp³-hybridized carbons (Fsp3) is 0.625. The van der Waals surface area contributed by atoms with Gasteiger partial charge < -0.3 is 0 Å². The van der Waals surface area contributed by atoms with Gasteiger partial charge in [0.05, 0.1) is 5.69 Å². The summed E-state index contributed by atoms with van der Waals surface area (Å²) in [4.78, 5) is 0.0918. The monoisotopic (exact) mass is 236 g/mol. The molecule has 0 saturated heterocycles. The van der Waals surface area contributed by atoms with Crippen molar-refractivity contribution in [2.24, 2.45) is 7.05 Å². The molecule has 0 bridgehead atoms. The summed E-state index contributed by atoms with van der Waals surface area (Å²) in [5.41, 5.74) is 0.161. The lowest BCUT2D eigenvalue weighted by Gasteiger charge is -2.15. The molecular weight excluding hydrogens is 224 g/mol. The molecule has 0 aliphatic heterocycles. The highest BCUT2D eigenvalue weighted by atomic mass is 35.7. The zero-order valence-electron chi connectivity index (χ0n) is 8.57. The van der Waals surface area contributed by atoms with Crippen LogP contribution >= 0.6 is 10.7 Å². The zero-order valence-corrected chi connectivity index (χ0v) is 10.1. The van der Waals surface area contributed by atoms with E-state index in [0.717, 1.165) is 0 Å². The smallest absolute Gasteiger partial charge is 0.264 e. The number of hydrogen-bond donors (Lipinski definition) is 0. The van der Waals surface area contributed by atoms with Gasteiger partial charge in [-0.15, -0.1) is 0 Å². The van der Waals surface area contributed by atoms with E-state index in [1.165, 1.54) is 10.9 Å². The third kappa shape index (κ3) is 2.27. The Labute approximate surface area is 88.3 Å². The molecule has 4 nitrogen and oxygen atoms in total. The second kappa shape index (κ2) is 3.24. The summed E-state index contributed by atoms with van der Waals surface area (Å²) in [5, 5.41) is 4.10. The Morgan fingerprint density at radius 3 is 2.21 bits per heavy atom. The third-order valence-corrected chi connectivity index (χ3v) is 3.09. The minimum atomic E-state index is -3.71. The minimum Gasteiger partial charge on any atom is -0.274 e. The van der Waals surface area contributed by atoms with Crippen LogP contribution in [0.2, 0.25) is 0 Å². The topological polar surface area (TPSA) is 52.0 Å². The molecule has 0 atom stereocenters. The maximum Gasteiger partial charge on any atom is 0.264 e. The van der Waals surface area contributed by atoms with Crippen molar-refractivity contribution >= 4 is 19.7 Å². The standard InChI is InChI=1S/C8H13ClN2O2S/c1-8(2,3)7-6(14(9,12)13)5-11(4)10-7/h5H,1-4H3. The molecule has 80 valence electrons. The summed E-state index contributed by atoms with van der Waals surface area (Å²) in [6.07, 6.45) is 1.42. The highest BCUT2D eigenvalue weighted by molar-refractivity contribution is 8.13. The van der Waals surface area contributed by atoms with E-state index in [2.05, 4.69) is 5.10 Å². The number of halogens is 1. The van der Waals surface area contributed by atoms with E-state index in [9.17, 15) is 8.42 Å². The average Bonchev–Trinajstić information content (AvgIpc) is 2.27. The van der Waals surface area contributed by atoms with Crippen LogP contribution in [0, 0.1) is 0 Å². The second-order valence-corrected chi connectivity index (χ2v) is 6.74. The number of aryl methyl sites for hydroxylation is 1. The molecule has 0 aliphatic rings. The normalized spacial score (nSPS) is 13.2. The first-order valence-electron chi connectivity index (χ1n) is 4.11. The van der Waals surface area contributed by atoms with Crippen molar-refractivity contribution in [2.75, 3.05) is 0 Å². The Hall–Kier alpha value is -0.550. The van der Waals surface area contributed by atoms with Crippen LogP contribution in [0.4, 0.5) is 0 Å². The summed E-state index contributed by atoms with van der Waals surface area (Å²) in [6, 6.07) is 0.